The minimum Gasteiger partial charge on any atom is -0.398 e. The number of nitrogens with zero attached hydrogens (tertiary/aromatic N) is 2. The SMILES string of the molecule is CCn1c(SCc2cc(Cl)ccc2N)n[nH]c1=O. The van der Waals surface area contributed by atoms with Crippen molar-refractivity contribution in [3.05, 3.63) is 39.3 Å². The van der Waals surface area contributed by atoms with E-state index >= 15 is 0 Å². The van der Waals surface area contributed by atoms with Crippen molar-refractivity contribution in [1.82, 2.24) is 14.8 Å². The summed E-state index contributed by atoms with van der Waals surface area (Å²) in [5.41, 5.74) is 7.29. The van der Waals surface area contributed by atoms with Crippen LogP contribution in [0.25, 0.3) is 0 Å². The first-order chi connectivity index (χ1) is 8.61. The fraction of sp³-hybridized carbons (Fsp3) is 0.273. The Morgan fingerprint density at radius 2 is 2.33 bits per heavy atom. The van der Waals surface area contributed by atoms with Crippen molar-refractivity contribution < 1.29 is 0 Å². The molecule has 1 aromatic heterocycles. The molecule has 0 saturated carbocycles. The molecule has 2 aromatic rings. The zero-order valence-electron chi connectivity index (χ0n) is 9.81. The maximum absolute atomic E-state index is 11.4. The second-order valence-corrected chi connectivity index (χ2v) is 5.07. The molecule has 1 aromatic carbocycles. The summed E-state index contributed by atoms with van der Waals surface area (Å²) >= 11 is 7.37. The van der Waals surface area contributed by atoms with Gasteiger partial charge in [0.15, 0.2) is 5.16 Å². The number of rotatable bonds is 4. The first kappa shape index (κ1) is 13.0. The largest absolute Gasteiger partial charge is 0.398 e. The molecular formula is C11H13ClN4OS. The molecule has 0 atom stereocenters. The fourth-order valence-electron chi connectivity index (χ4n) is 1.53. The predicted molar refractivity (Wildman–Crippen MR) is 73.9 cm³/mol. The van der Waals surface area contributed by atoms with E-state index in [9.17, 15) is 4.79 Å². The Bertz CT molecular complexity index is 607. The van der Waals surface area contributed by atoms with Crippen LogP contribution in [0.15, 0.2) is 28.2 Å². The Kier molecular flexibility index (Phi) is 3.98. The standard InChI is InChI=1S/C11H13ClN4OS/c1-2-16-10(17)14-15-11(16)18-6-7-5-8(12)3-4-9(7)13/h3-5H,2,6,13H2,1H3,(H,14,17). The van der Waals surface area contributed by atoms with Crippen molar-refractivity contribution in [2.24, 2.45) is 0 Å². The van der Waals surface area contributed by atoms with Crippen molar-refractivity contribution in [3.63, 3.8) is 0 Å². The van der Waals surface area contributed by atoms with Crippen molar-refractivity contribution in [3.8, 4) is 0 Å². The molecule has 2 rings (SSSR count). The number of H-pyrrole nitrogens is 1. The number of halogens is 1. The molecule has 0 amide bonds. The van der Waals surface area contributed by atoms with Crippen molar-refractivity contribution in [2.45, 2.75) is 24.4 Å². The van der Waals surface area contributed by atoms with Crippen LogP contribution < -0.4 is 11.4 Å². The summed E-state index contributed by atoms with van der Waals surface area (Å²) in [5, 5.41) is 7.70. The van der Waals surface area contributed by atoms with Crippen LogP contribution in [0.5, 0.6) is 0 Å². The van der Waals surface area contributed by atoms with Gasteiger partial charge in [0.2, 0.25) is 0 Å². The molecule has 0 bridgehead atoms. The Labute approximate surface area is 113 Å². The highest BCUT2D eigenvalue weighted by atomic mass is 35.5. The quantitative estimate of drug-likeness (QED) is 0.666. The Hall–Kier alpha value is -1.40. The Balaban J connectivity index is 2.16. The van der Waals surface area contributed by atoms with Gasteiger partial charge in [-0.1, -0.05) is 23.4 Å². The van der Waals surface area contributed by atoms with Crippen LogP contribution in [0.1, 0.15) is 12.5 Å². The molecule has 0 radical (unpaired) electrons. The maximum Gasteiger partial charge on any atom is 0.343 e. The third-order valence-corrected chi connectivity index (χ3v) is 3.76. The number of thioether (sulfide) groups is 1. The first-order valence-electron chi connectivity index (χ1n) is 5.43. The summed E-state index contributed by atoms with van der Waals surface area (Å²) in [4.78, 5) is 11.4. The van der Waals surface area contributed by atoms with Crippen LogP contribution in [-0.2, 0) is 12.3 Å². The van der Waals surface area contributed by atoms with Gasteiger partial charge in [-0.3, -0.25) is 4.57 Å². The van der Waals surface area contributed by atoms with E-state index < -0.39 is 0 Å². The number of nitrogen functional groups attached to an aromatic ring is 1. The molecular weight excluding hydrogens is 272 g/mol. The predicted octanol–water partition coefficient (Wildman–Crippen LogP) is 2.12. The Morgan fingerprint density at radius 1 is 1.56 bits per heavy atom. The van der Waals surface area contributed by atoms with Gasteiger partial charge < -0.3 is 5.73 Å². The van der Waals surface area contributed by atoms with Gasteiger partial charge in [-0.05, 0) is 30.7 Å². The van der Waals surface area contributed by atoms with E-state index in [1.54, 1.807) is 16.7 Å². The molecule has 0 aliphatic carbocycles. The minimum atomic E-state index is -0.195. The zero-order chi connectivity index (χ0) is 13.1. The van der Waals surface area contributed by atoms with Crippen LogP contribution >= 0.6 is 23.4 Å². The van der Waals surface area contributed by atoms with E-state index in [0.717, 1.165) is 5.56 Å². The second kappa shape index (κ2) is 5.49. The van der Waals surface area contributed by atoms with Crippen molar-refractivity contribution >= 4 is 29.1 Å². The van der Waals surface area contributed by atoms with Crippen molar-refractivity contribution in [2.75, 3.05) is 5.73 Å². The number of anilines is 1. The molecule has 3 N–H and O–H groups in total. The van der Waals surface area contributed by atoms with Gasteiger partial charge in [0.1, 0.15) is 0 Å². The van der Waals surface area contributed by atoms with Gasteiger partial charge in [-0.25, -0.2) is 9.89 Å². The molecule has 0 fully saturated rings. The van der Waals surface area contributed by atoms with Crippen LogP contribution in [-0.4, -0.2) is 14.8 Å². The first-order valence-corrected chi connectivity index (χ1v) is 6.80. The summed E-state index contributed by atoms with van der Waals surface area (Å²) < 4.78 is 1.57. The van der Waals surface area contributed by atoms with Crippen LogP contribution in [0.3, 0.4) is 0 Å². The highest BCUT2D eigenvalue weighted by Crippen LogP contribution is 2.25. The summed E-state index contributed by atoms with van der Waals surface area (Å²) in [6.45, 7) is 2.48. The fourth-order valence-corrected chi connectivity index (χ4v) is 2.74. The number of benzene rings is 1. The highest BCUT2D eigenvalue weighted by molar-refractivity contribution is 7.98. The average Bonchev–Trinajstić information content (AvgIpc) is 2.71. The van der Waals surface area contributed by atoms with E-state index in [1.807, 2.05) is 13.0 Å². The molecule has 0 unspecified atom stereocenters. The van der Waals surface area contributed by atoms with Crippen LogP contribution in [0.2, 0.25) is 5.02 Å². The normalized spacial score (nSPS) is 10.8. The average molecular weight is 285 g/mol. The lowest BCUT2D eigenvalue weighted by molar-refractivity contribution is 0.660. The molecule has 18 heavy (non-hydrogen) atoms. The molecule has 0 aliphatic rings. The summed E-state index contributed by atoms with van der Waals surface area (Å²) in [7, 11) is 0. The summed E-state index contributed by atoms with van der Waals surface area (Å²) in [6, 6.07) is 5.35. The van der Waals surface area contributed by atoms with E-state index in [-0.39, 0.29) is 5.69 Å². The van der Waals surface area contributed by atoms with Gasteiger partial charge in [-0.2, -0.15) is 0 Å². The minimum absolute atomic E-state index is 0.195. The monoisotopic (exact) mass is 284 g/mol. The lowest BCUT2D eigenvalue weighted by Gasteiger charge is -2.06. The smallest absolute Gasteiger partial charge is 0.343 e. The highest BCUT2D eigenvalue weighted by Gasteiger charge is 2.08. The second-order valence-electron chi connectivity index (χ2n) is 3.69. The third-order valence-electron chi connectivity index (χ3n) is 2.50. The van der Waals surface area contributed by atoms with Crippen LogP contribution in [0.4, 0.5) is 5.69 Å². The topological polar surface area (TPSA) is 76.7 Å². The molecule has 0 saturated heterocycles. The number of nitrogens with one attached hydrogen (secondary N) is 1. The molecule has 96 valence electrons. The summed E-state index contributed by atoms with van der Waals surface area (Å²) in [5.74, 6) is 0.622. The number of hydrogen-bond donors (Lipinski definition) is 2. The molecule has 7 heteroatoms. The molecule has 0 spiro atoms. The van der Waals surface area contributed by atoms with Gasteiger partial charge >= 0.3 is 5.69 Å². The molecule has 0 aliphatic heterocycles. The lowest BCUT2D eigenvalue weighted by atomic mass is 10.2. The van der Waals surface area contributed by atoms with Gasteiger partial charge in [0, 0.05) is 23.0 Å². The number of nitrogens with two attached hydrogens (primary N) is 1. The van der Waals surface area contributed by atoms with E-state index in [4.69, 9.17) is 17.3 Å². The number of aromatic amines is 1. The number of hydrogen-bond acceptors (Lipinski definition) is 4. The van der Waals surface area contributed by atoms with E-state index in [1.165, 1.54) is 11.8 Å². The van der Waals surface area contributed by atoms with Gasteiger partial charge in [0.05, 0.1) is 0 Å². The third kappa shape index (κ3) is 2.70. The van der Waals surface area contributed by atoms with Crippen molar-refractivity contribution in [1.29, 1.82) is 0 Å². The lowest BCUT2D eigenvalue weighted by Crippen LogP contribution is -2.16. The number of aromatic nitrogens is 3. The maximum atomic E-state index is 11.4. The molecule has 5 nitrogen and oxygen atoms in total. The van der Waals surface area contributed by atoms with Gasteiger partial charge in [0.25, 0.3) is 0 Å². The van der Waals surface area contributed by atoms with E-state index in [0.29, 0.717) is 28.2 Å². The zero-order valence-corrected chi connectivity index (χ0v) is 11.4. The van der Waals surface area contributed by atoms with E-state index in [2.05, 4.69) is 10.2 Å². The van der Waals surface area contributed by atoms with Gasteiger partial charge in [-0.15, -0.1) is 5.10 Å². The Morgan fingerprint density at radius 3 is 3.06 bits per heavy atom. The van der Waals surface area contributed by atoms with Crippen LogP contribution in [0, 0.1) is 0 Å². The summed E-state index contributed by atoms with van der Waals surface area (Å²) in [6.07, 6.45) is 0. The molecule has 1 heterocycles.